The molecule has 3 rings (SSSR count). The Labute approximate surface area is 102 Å². The number of nitrogens with zero attached hydrogens (tertiary/aromatic N) is 1. The van der Waals surface area contributed by atoms with E-state index in [2.05, 4.69) is 47.4 Å². The summed E-state index contributed by atoms with van der Waals surface area (Å²) in [6.07, 6.45) is 0. The van der Waals surface area contributed by atoms with E-state index in [1.165, 1.54) is 14.5 Å². The first-order chi connectivity index (χ1) is 7.92. The Kier molecular flexibility index (Phi) is 2.64. The third-order valence-corrected chi connectivity index (χ3v) is 4.09. The van der Waals surface area contributed by atoms with Crippen LogP contribution in [0.3, 0.4) is 0 Å². The average Bonchev–Trinajstić information content (AvgIpc) is 2.77. The summed E-state index contributed by atoms with van der Waals surface area (Å²) in [6.45, 7) is 0. The minimum Gasteiger partial charge on any atom is -0.245 e. The van der Waals surface area contributed by atoms with E-state index >= 15 is 0 Å². The summed E-state index contributed by atoms with van der Waals surface area (Å²) >= 11 is 3.45. The van der Waals surface area contributed by atoms with Crippen LogP contribution in [0.5, 0.6) is 0 Å². The molecule has 0 spiro atoms. The zero-order valence-corrected chi connectivity index (χ0v) is 10.1. The lowest BCUT2D eigenvalue weighted by molar-refractivity contribution is 1.40. The second kappa shape index (κ2) is 4.28. The maximum absolute atomic E-state index is 4.33. The van der Waals surface area contributed by atoms with Gasteiger partial charge in [0.05, 0.1) is 15.7 Å². The molecule has 1 aromatic heterocycles. The summed E-state index contributed by atoms with van der Waals surface area (Å²) in [5, 5.41) is 0. The van der Waals surface area contributed by atoms with Crippen molar-refractivity contribution < 1.29 is 0 Å². The highest BCUT2D eigenvalue weighted by atomic mass is 32.2. The molecule has 0 saturated heterocycles. The summed E-state index contributed by atoms with van der Waals surface area (Å²) in [7, 11) is 0. The van der Waals surface area contributed by atoms with Crippen LogP contribution in [0, 0.1) is 0 Å². The fraction of sp³-hybridized carbons (Fsp3) is 0. The Morgan fingerprint density at radius 1 is 0.938 bits per heavy atom. The molecule has 0 bridgehead atoms. The van der Waals surface area contributed by atoms with Gasteiger partial charge in [-0.3, -0.25) is 0 Å². The molecule has 0 atom stereocenters. The van der Waals surface area contributed by atoms with Crippen molar-refractivity contribution in [2.45, 2.75) is 9.79 Å². The molecule has 78 valence electrons. The number of thiazole rings is 1. The highest BCUT2D eigenvalue weighted by Crippen LogP contribution is 2.30. The maximum atomic E-state index is 4.33. The van der Waals surface area contributed by atoms with Crippen molar-refractivity contribution in [3.63, 3.8) is 0 Å². The van der Waals surface area contributed by atoms with Crippen LogP contribution in [0.2, 0.25) is 0 Å². The Hall–Kier alpha value is -1.32. The normalized spacial score (nSPS) is 10.8. The smallest absolute Gasteiger partial charge is 0.0823 e. The van der Waals surface area contributed by atoms with E-state index in [4.69, 9.17) is 0 Å². The topological polar surface area (TPSA) is 12.9 Å². The second-order valence-corrected chi connectivity index (χ2v) is 5.43. The summed E-state index contributed by atoms with van der Waals surface area (Å²) in [5.74, 6) is 0. The first kappa shape index (κ1) is 9.87. The molecule has 1 nitrogen and oxygen atoms in total. The van der Waals surface area contributed by atoms with Crippen LogP contribution in [-0.2, 0) is 0 Å². The minimum atomic E-state index is 1.09. The number of rotatable bonds is 2. The highest BCUT2D eigenvalue weighted by molar-refractivity contribution is 7.99. The Bertz CT molecular complexity index is 601. The van der Waals surface area contributed by atoms with Gasteiger partial charge >= 0.3 is 0 Å². The van der Waals surface area contributed by atoms with E-state index in [9.17, 15) is 0 Å². The SMILES string of the molecule is c1ccc(Sc2ccc3scnc3c2)cc1. The number of hydrogen-bond donors (Lipinski definition) is 0. The van der Waals surface area contributed by atoms with E-state index < -0.39 is 0 Å². The fourth-order valence-electron chi connectivity index (χ4n) is 1.53. The molecule has 0 N–H and O–H groups in total. The zero-order valence-electron chi connectivity index (χ0n) is 8.46. The molecule has 0 aliphatic carbocycles. The van der Waals surface area contributed by atoms with Gasteiger partial charge in [-0.2, -0.15) is 0 Å². The van der Waals surface area contributed by atoms with E-state index in [1.807, 2.05) is 11.6 Å². The molecule has 2 aromatic carbocycles. The molecule has 3 aromatic rings. The van der Waals surface area contributed by atoms with Crippen LogP contribution < -0.4 is 0 Å². The second-order valence-electron chi connectivity index (χ2n) is 3.40. The van der Waals surface area contributed by atoms with Crippen molar-refractivity contribution in [3.8, 4) is 0 Å². The highest BCUT2D eigenvalue weighted by Gasteiger charge is 2.00. The molecule has 0 radical (unpaired) electrons. The van der Waals surface area contributed by atoms with Crippen LogP contribution >= 0.6 is 23.1 Å². The van der Waals surface area contributed by atoms with E-state index in [1.54, 1.807) is 23.1 Å². The predicted octanol–water partition coefficient (Wildman–Crippen LogP) is 4.45. The lowest BCUT2D eigenvalue weighted by Crippen LogP contribution is -1.73. The van der Waals surface area contributed by atoms with Gasteiger partial charge < -0.3 is 0 Å². The monoisotopic (exact) mass is 243 g/mol. The van der Waals surface area contributed by atoms with E-state index in [-0.39, 0.29) is 0 Å². The summed E-state index contributed by atoms with van der Waals surface area (Å²) in [6, 6.07) is 16.8. The molecular formula is C13H9NS2. The van der Waals surface area contributed by atoms with Crippen molar-refractivity contribution >= 4 is 33.3 Å². The molecule has 0 aliphatic heterocycles. The molecule has 16 heavy (non-hydrogen) atoms. The van der Waals surface area contributed by atoms with Crippen LogP contribution in [0.15, 0.2) is 63.8 Å². The van der Waals surface area contributed by atoms with E-state index in [0.29, 0.717) is 0 Å². The van der Waals surface area contributed by atoms with Gasteiger partial charge in [0, 0.05) is 9.79 Å². The first-order valence-corrected chi connectivity index (χ1v) is 6.67. The summed E-state index contributed by atoms with van der Waals surface area (Å²) < 4.78 is 1.25. The number of hydrogen-bond acceptors (Lipinski definition) is 3. The maximum Gasteiger partial charge on any atom is 0.0823 e. The third-order valence-electron chi connectivity index (χ3n) is 2.28. The van der Waals surface area contributed by atoms with Gasteiger partial charge in [0.1, 0.15) is 0 Å². The van der Waals surface area contributed by atoms with Gasteiger partial charge in [0.25, 0.3) is 0 Å². The minimum absolute atomic E-state index is 1.09. The van der Waals surface area contributed by atoms with Crippen LogP contribution in [-0.4, -0.2) is 4.98 Å². The van der Waals surface area contributed by atoms with Crippen molar-refractivity contribution in [2.24, 2.45) is 0 Å². The van der Waals surface area contributed by atoms with Crippen molar-refractivity contribution in [3.05, 3.63) is 54.0 Å². The zero-order chi connectivity index (χ0) is 10.8. The molecular weight excluding hydrogens is 234 g/mol. The van der Waals surface area contributed by atoms with Crippen LogP contribution in [0.1, 0.15) is 0 Å². The van der Waals surface area contributed by atoms with Crippen molar-refractivity contribution in [2.75, 3.05) is 0 Å². The van der Waals surface area contributed by atoms with E-state index in [0.717, 1.165) is 5.52 Å². The molecule has 0 unspecified atom stereocenters. The number of fused-ring (bicyclic) bond motifs is 1. The quantitative estimate of drug-likeness (QED) is 0.659. The molecule has 1 heterocycles. The first-order valence-electron chi connectivity index (χ1n) is 4.98. The van der Waals surface area contributed by atoms with Gasteiger partial charge in [-0.25, -0.2) is 4.98 Å². The van der Waals surface area contributed by atoms with Gasteiger partial charge in [-0.15, -0.1) is 11.3 Å². The van der Waals surface area contributed by atoms with Crippen molar-refractivity contribution in [1.29, 1.82) is 0 Å². The largest absolute Gasteiger partial charge is 0.245 e. The Morgan fingerprint density at radius 2 is 1.81 bits per heavy atom. The van der Waals surface area contributed by atoms with Gasteiger partial charge in [0.2, 0.25) is 0 Å². The predicted molar refractivity (Wildman–Crippen MR) is 70.2 cm³/mol. The van der Waals surface area contributed by atoms with Gasteiger partial charge in [0.15, 0.2) is 0 Å². The van der Waals surface area contributed by atoms with Crippen LogP contribution in [0.25, 0.3) is 10.2 Å². The average molecular weight is 243 g/mol. The third kappa shape index (κ3) is 1.96. The molecule has 0 saturated carbocycles. The number of aromatic nitrogens is 1. The molecule has 0 aliphatic rings. The summed E-state index contributed by atoms with van der Waals surface area (Å²) in [4.78, 5) is 6.83. The molecule has 3 heteroatoms. The lowest BCUT2D eigenvalue weighted by Gasteiger charge is -2.00. The molecule has 0 fully saturated rings. The fourth-order valence-corrected chi connectivity index (χ4v) is 3.06. The van der Waals surface area contributed by atoms with Crippen molar-refractivity contribution in [1.82, 2.24) is 4.98 Å². The Balaban J connectivity index is 1.94. The van der Waals surface area contributed by atoms with Crippen LogP contribution in [0.4, 0.5) is 0 Å². The Morgan fingerprint density at radius 3 is 2.69 bits per heavy atom. The van der Waals surface area contributed by atoms with Gasteiger partial charge in [-0.05, 0) is 30.3 Å². The lowest BCUT2D eigenvalue weighted by atomic mass is 10.3. The molecule has 0 amide bonds. The summed E-state index contributed by atoms with van der Waals surface area (Å²) in [5.41, 5.74) is 2.98. The number of benzene rings is 2. The van der Waals surface area contributed by atoms with Gasteiger partial charge in [-0.1, -0.05) is 30.0 Å². The standard InChI is InChI=1S/C13H9NS2/c1-2-4-10(5-3-1)16-11-6-7-13-12(8-11)14-9-15-13/h1-9H.